The second-order valence-electron chi connectivity index (χ2n) is 4.78. The predicted molar refractivity (Wildman–Crippen MR) is 70.1 cm³/mol. The Morgan fingerprint density at radius 3 is 2.83 bits per heavy atom. The number of carbonyl (C=O) groups excluding carboxylic acids is 1. The molecule has 0 unspecified atom stereocenters. The van der Waals surface area contributed by atoms with Crippen molar-refractivity contribution in [3.8, 4) is 0 Å². The van der Waals surface area contributed by atoms with E-state index in [0.717, 1.165) is 5.56 Å². The number of alkyl carbamates (subject to hydrolysis) is 1. The van der Waals surface area contributed by atoms with E-state index in [9.17, 15) is 4.79 Å². The van der Waals surface area contributed by atoms with Gasteiger partial charge in [0.1, 0.15) is 5.60 Å². The summed E-state index contributed by atoms with van der Waals surface area (Å²) in [5, 5.41) is 2.73. The molecule has 1 N–H and O–H groups in total. The van der Waals surface area contributed by atoms with E-state index in [1.54, 1.807) is 24.5 Å². The van der Waals surface area contributed by atoms with Gasteiger partial charge in [0.15, 0.2) is 0 Å². The molecule has 0 aliphatic heterocycles. The van der Waals surface area contributed by atoms with Gasteiger partial charge in [-0.15, -0.1) is 5.73 Å². The fourth-order valence-corrected chi connectivity index (χ4v) is 1.33. The summed E-state index contributed by atoms with van der Waals surface area (Å²) in [6.07, 6.45) is 4.52. The maximum atomic E-state index is 11.7. The van der Waals surface area contributed by atoms with Crippen LogP contribution in [0, 0.1) is 0 Å². The van der Waals surface area contributed by atoms with E-state index in [-0.39, 0.29) is 6.04 Å². The molecule has 0 saturated heterocycles. The smallest absolute Gasteiger partial charge is 0.408 e. The van der Waals surface area contributed by atoms with E-state index in [0.29, 0.717) is 0 Å². The Morgan fingerprint density at radius 2 is 2.33 bits per heavy atom. The fraction of sp³-hybridized carbons (Fsp3) is 0.357. The van der Waals surface area contributed by atoms with E-state index in [1.807, 2.05) is 26.8 Å². The van der Waals surface area contributed by atoms with Crippen LogP contribution in [-0.4, -0.2) is 16.7 Å². The first-order chi connectivity index (χ1) is 8.42. The van der Waals surface area contributed by atoms with Gasteiger partial charge >= 0.3 is 6.09 Å². The standard InChI is InChI=1S/C14H18N2O2/c1-5-7-12(11-8-6-9-15-10-11)16-13(17)18-14(2,3)4/h6-10,12H,1H2,2-4H3,(H,16,17)/t12-/m1/s1. The van der Waals surface area contributed by atoms with Crippen LogP contribution in [0.1, 0.15) is 32.4 Å². The van der Waals surface area contributed by atoms with Gasteiger partial charge in [-0.1, -0.05) is 12.6 Å². The molecule has 0 radical (unpaired) electrons. The third-order valence-electron chi connectivity index (χ3n) is 2.00. The minimum atomic E-state index is -0.526. The number of ether oxygens (including phenoxy) is 1. The number of amides is 1. The van der Waals surface area contributed by atoms with E-state index >= 15 is 0 Å². The Bertz CT molecular complexity index is 443. The molecule has 0 spiro atoms. The van der Waals surface area contributed by atoms with Crippen molar-refractivity contribution in [1.29, 1.82) is 0 Å². The second-order valence-corrected chi connectivity index (χ2v) is 4.78. The molecule has 1 rings (SSSR count). The zero-order valence-corrected chi connectivity index (χ0v) is 10.9. The highest BCUT2D eigenvalue weighted by Crippen LogP contribution is 2.14. The Morgan fingerprint density at radius 1 is 1.61 bits per heavy atom. The molecule has 0 saturated carbocycles. The van der Waals surface area contributed by atoms with Gasteiger partial charge in [-0.2, -0.15) is 0 Å². The lowest BCUT2D eigenvalue weighted by molar-refractivity contribution is 0.0514. The van der Waals surface area contributed by atoms with E-state index in [4.69, 9.17) is 4.74 Å². The zero-order chi connectivity index (χ0) is 13.6. The van der Waals surface area contributed by atoms with E-state index in [2.05, 4.69) is 22.6 Å². The number of hydrogen-bond donors (Lipinski definition) is 1. The van der Waals surface area contributed by atoms with Crippen molar-refractivity contribution in [3.05, 3.63) is 48.5 Å². The summed E-state index contributed by atoms with van der Waals surface area (Å²) in [6, 6.07) is 3.32. The Balaban J connectivity index is 2.76. The molecule has 0 aromatic carbocycles. The number of pyridine rings is 1. The topological polar surface area (TPSA) is 51.2 Å². The summed E-state index contributed by atoms with van der Waals surface area (Å²) >= 11 is 0. The SMILES string of the molecule is C=C=C[C@@H](NC(=O)OC(C)(C)C)c1cccnc1. The Kier molecular flexibility index (Phi) is 4.69. The number of nitrogens with zero attached hydrogens (tertiary/aromatic N) is 1. The normalized spacial score (nSPS) is 12.2. The molecular weight excluding hydrogens is 228 g/mol. The van der Waals surface area contributed by atoms with Gasteiger partial charge in [0.2, 0.25) is 0 Å². The maximum Gasteiger partial charge on any atom is 0.408 e. The number of aromatic nitrogens is 1. The van der Waals surface area contributed by atoms with Gasteiger partial charge in [0.25, 0.3) is 0 Å². The molecule has 0 aliphatic rings. The monoisotopic (exact) mass is 246 g/mol. The average Bonchev–Trinajstić information content (AvgIpc) is 2.27. The first-order valence-corrected chi connectivity index (χ1v) is 5.68. The molecule has 1 aromatic rings. The van der Waals surface area contributed by atoms with Crippen molar-refractivity contribution in [2.45, 2.75) is 32.4 Å². The van der Waals surface area contributed by atoms with Crippen LogP contribution in [0.3, 0.4) is 0 Å². The fourth-order valence-electron chi connectivity index (χ4n) is 1.33. The summed E-state index contributed by atoms with van der Waals surface area (Å²) in [7, 11) is 0. The molecule has 1 aromatic heterocycles. The number of nitrogens with one attached hydrogen (secondary N) is 1. The van der Waals surface area contributed by atoms with Crippen molar-refractivity contribution in [1.82, 2.24) is 10.3 Å². The van der Waals surface area contributed by atoms with Crippen molar-refractivity contribution in [2.75, 3.05) is 0 Å². The molecule has 0 aliphatic carbocycles. The van der Waals surface area contributed by atoms with Crippen molar-refractivity contribution in [3.63, 3.8) is 0 Å². The highest BCUT2D eigenvalue weighted by Gasteiger charge is 2.19. The molecule has 1 amide bonds. The summed E-state index contributed by atoms with van der Waals surface area (Å²) in [5.74, 6) is 0. The molecule has 1 heterocycles. The highest BCUT2D eigenvalue weighted by atomic mass is 16.6. The van der Waals surface area contributed by atoms with Crippen molar-refractivity contribution < 1.29 is 9.53 Å². The summed E-state index contributed by atoms with van der Waals surface area (Å²) in [5.41, 5.74) is 2.98. The van der Waals surface area contributed by atoms with Crippen molar-refractivity contribution in [2.24, 2.45) is 0 Å². The molecule has 96 valence electrons. The number of rotatable bonds is 3. The minimum absolute atomic E-state index is 0.342. The van der Waals surface area contributed by atoms with Gasteiger partial charge < -0.3 is 10.1 Å². The molecule has 0 bridgehead atoms. The number of hydrogen-bond acceptors (Lipinski definition) is 3. The third kappa shape index (κ3) is 4.85. The van der Waals surface area contributed by atoms with Crippen molar-refractivity contribution >= 4 is 6.09 Å². The molecule has 4 nitrogen and oxygen atoms in total. The Labute approximate surface area is 107 Å². The predicted octanol–water partition coefficient (Wildman–Crippen LogP) is 2.99. The first-order valence-electron chi connectivity index (χ1n) is 5.68. The van der Waals surface area contributed by atoms with Crippen LogP contribution < -0.4 is 5.32 Å². The summed E-state index contributed by atoms with van der Waals surface area (Å²) < 4.78 is 5.20. The van der Waals surface area contributed by atoms with Crippen LogP contribution in [0.5, 0.6) is 0 Å². The van der Waals surface area contributed by atoms with Gasteiger partial charge in [0, 0.05) is 12.4 Å². The average molecular weight is 246 g/mol. The van der Waals surface area contributed by atoms with E-state index in [1.165, 1.54) is 0 Å². The van der Waals surface area contributed by atoms with E-state index < -0.39 is 11.7 Å². The molecular formula is C14H18N2O2. The molecule has 4 heteroatoms. The lowest BCUT2D eigenvalue weighted by Crippen LogP contribution is -2.34. The molecule has 1 atom stereocenters. The third-order valence-corrected chi connectivity index (χ3v) is 2.00. The summed E-state index contributed by atoms with van der Waals surface area (Å²) in [4.78, 5) is 15.7. The molecule has 18 heavy (non-hydrogen) atoms. The van der Waals surface area contributed by atoms with Gasteiger partial charge in [-0.05, 0) is 38.5 Å². The van der Waals surface area contributed by atoms with Crippen LogP contribution in [0.4, 0.5) is 4.79 Å². The maximum absolute atomic E-state index is 11.7. The second kappa shape index (κ2) is 6.03. The lowest BCUT2D eigenvalue weighted by Gasteiger charge is -2.22. The lowest BCUT2D eigenvalue weighted by atomic mass is 10.1. The van der Waals surface area contributed by atoms with Crippen LogP contribution in [0.15, 0.2) is 42.9 Å². The number of carbonyl (C=O) groups is 1. The largest absolute Gasteiger partial charge is 0.444 e. The first kappa shape index (κ1) is 14.0. The van der Waals surface area contributed by atoms with Gasteiger partial charge in [-0.25, -0.2) is 4.79 Å². The van der Waals surface area contributed by atoms with Crippen LogP contribution in [-0.2, 0) is 4.74 Å². The minimum Gasteiger partial charge on any atom is -0.444 e. The van der Waals surface area contributed by atoms with Crippen LogP contribution >= 0.6 is 0 Å². The summed E-state index contributed by atoms with van der Waals surface area (Å²) in [6.45, 7) is 8.96. The highest BCUT2D eigenvalue weighted by molar-refractivity contribution is 5.68. The van der Waals surface area contributed by atoms with Crippen LogP contribution in [0.2, 0.25) is 0 Å². The zero-order valence-electron chi connectivity index (χ0n) is 10.9. The van der Waals surface area contributed by atoms with Gasteiger partial charge in [0.05, 0.1) is 6.04 Å². The van der Waals surface area contributed by atoms with Crippen LogP contribution in [0.25, 0.3) is 0 Å². The van der Waals surface area contributed by atoms with Gasteiger partial charge in [-0.3, -0.25) is 4.98 Å². The Hall–Kier alpha value is -2.06. The quantitative estimate of drug-likeness (QED) is 0.834. The molecule has 0 fully saturated rings.